The van der Waals surface area contributed by atoms with Crippen molar-refractivity contribution < 1.29 is 29.0 Å². The van der Waals surface area contributed by atoms with E-state index in [-0.39, 0.29) is 17.7 Å². The second-order valence-corrected chi connectivity index (χ2v) is 4.25. The first kappa shape index (κ1) is 16.4. The molecule has 1 aromatic rings. The molecule has 1 unspecified atom stereocenters. The van der Waals surface area contributed by atoms with Crippen molar-refractivity contribution in [1.82, 2.24) is 5.32 Å². The Bertz CT molecular complexity index is 581. The zero-order valence-electron chi connectivity index (χ0n) is 11.6. The molecule has 1 aromatic carbocycles. The smallest absolute Gasteiger partial charge is 0.336 e. The first-order chi connectivity index (χ1) is 9.88. The van der Waals surface area contributed by atoms with Gasteiger partial charge in [-0.2, -0.15) is 0 Å². The van der Waals surface area contributed by atoms with Crippen molar-refractivity contribution in [1.29, 1.82) is 0 Å². The summed E-state index contributed by atoms with van der Waals surface area (Å²) in [5, 5.41) is 11.4. The van der Waals surface area contributed by atoms with E-state index in [2.05, 4.69) is 10.1 Å². The summed E-state index contributed by atoms with van der Waals surface area (Å²) in [4.78, 5) is 45.7. The summed E-state index contributed by atoms with van der Waals surface area (Å²) in [5.74, 6) is -4.24. The average Bonchev–Trinajstić information content (AvgIpc) is 2.46. The Morgan fingerprint density at radius 3 is 2.24 bits per heavy atom. The molecular weight excluding hydrogens is 278 g/mol. The van der Waals surface area contributed by atoms with Gasteiger partial charge in [-0.15, -0.1) is 0 Å². The number of aromatic carboxylic acids is 1. The third-order valence-electron chi connectivity index (χ3n) is 2.85. The SMILES string of the molecule is COC(=O)C(CNC(=O)c1ccccc1C(=O)O)C(C)=O. The predicted octanol–water partition coefficient (Wildman–Crippen LogP) is 0.493. The summed E-state index contributed by atoms with van der Waals surface area (Å²) in [5.41, 5.74) is -0.204. The number of ether oxygens (including phenoxy) is 1. The van der Waals surface area contributed by atoms with Crippen LogP contribution in [0.4, 0.5) is 0 Å². The van der Waals surface area contributed by atoms with Crippen LogP contribution in [0, 0.1) is 5.92 Å². The Hall–Kier alpha value is -2.70. The first-order valence-electron chi connectivity index (χ1n) is 6.07. The van der Waals surface area contributed by atoms with Gasteiger partial charge in [0, 0.05) is 6.54 Å². The topological polar surface area (TPSA) is 110 Å². The van der Waals surface area contributed by atoms with Crippen molar-refractivity contribution in [3.05, 3.63) is 35.4 Å². The number of hydrogen-bond acceptors (Lipinski definition) is 5. The van der Waals surface area contributed by atoms with Crippen molar-refractivity contribution in [2.75, 3.05) is 13.7 Å². The average molecular weight is 293 g/mol. The lowest BCUT2D eigenvalue weighted by atomic mass is 10.0. The van der Waals surface area contributed by atoms with Crippen molar-refractivity contribution in [2.24, 2.45) is 5.92 Å². The van der Waals surface area contributed by atoms with E-state index in [4.69, 9.17) is 5.11 Å². The fourth-order valence-corrected chi connectivity index (χ4v) is 1.69. The van der Waals surface area contributed by atoms with Gasteiger partial charge in [0.2, 0.25) is 0 Å². The fraction of sp³-hybridized carbons (Fsp3) is 0.286. The molecule has 0 fully saturated rings. The lowest BCUT2D eigenvalue weighted by Gasteiger charge is -2.13. The van der Waals surface area contributed by atoms with E-state index in [1.165, 1.54) is 31.2 Å². The number of benzene rings is 1. The van der Waals surface area contributed by atoms with Gasteiger partial charge in [0.15, 0.2) is 0 Å². The number of carboxylic acid groups (broad SMARTS) is 1. The number of nitrogens with one attached hydrogen (secondary N) is 1. The number of esters is 1. The molecule has 0 saturated heterocycles. The number of Topliss-reactive ketones (excluding diaryl/α,β-unsaturated/α-hetero) is 1. The normalized spacial score (nSPS) is 11.3. The number of ketones is 1. The van der Waals surface area contributed by atoms with Crippen molar-refractivity contribution >= 4 is 23.6 Å². The van der Waals surface area contributed by atoms with Gasteiger partial charge < -0.3 is 15.2 Å². The standard InChI is InChI=1S/C14H15NO6/c1-8(16)11(14(20)21-2)7-15-12(17)9-5-3-4-6-10(9)13(18)19/h3-6,11H,7H2,1-2H3,(H,15,17)(H,18,19). The monoisotopic (exact) mass is 293 g/mol. The van der Waals surface area contributed by atoms with Crippen LogP contribution in [0.2, 0.25) is 0 Å². The van der Waals surface area contributed by atoms with E-state index in [1.807, 2.05) is 0 Å². The largest absolute Gasteiger partial charge is 0.478 e. The number of hydrogen-bond donors (Lipinski definition) is 2. The number of rotatable bonds is 6. The number of carboxylic acids is 1. The molecule has 1 atom stereocenters. The van der Waals surface area contributed by atoms with Gasteiger partial charge in [-0.25, -0.2) is 4.79 Å². The van der Waals surface area contributed by atoms with Gasteiger partial charge in [0.25, 0.3) is 5.91 Å². The lowest BCUT2D eigenvalue weighted by Crippen LogP contribution is -2.37. The van der Waals surface area contributed by atoms with Gasteiger partial charge in [-0.05, 0) is 19.1 Å². The highest BCUT2D eigenvalue weighted by Crippen LogP contribution is 2.09. The van der Waals surface area contributed by atoms with Gasteiger partial charge >= 0.3 is 11.9 Å². The minimum Gasteiger partial charge on any atom is -0.478 e. The molecule has 7 heteroatoms. The van der Waals surface area contributed by atoms with Gasteiger partial charge in [-0.3, -0.25) is 14.4 Å². The van der Waals surface area contributed by atoms with E-state index in [0.717, 1.165) is 7.11 Å². The fourth-order valence-electron chi connectivity index (χ4n) is 1.69. The second kappa shape index (κ2) is 7.18. The molecule has 1 rings (SSSR count). The minimum atomic E-state index is -1.24. The van der Waals surface area contributed by atoms with Crippen molar-refractivity contribution in [3.8, 4) is 0 Å². The third-order valence-corrected chi connectivity index (χ3v) is 2.85. The molecule has 0 saturated carbocycles. The summed E-state index contributed by atoms with van der Waals surface area (Å²) in [7, 11) is 1.14. The van der Waals surface area contributed by atoms with Crippen molar-refractivity contribution in [3.63, 3.8) is 0 Å². The number of carbonyl (C=O) groups is 4. The summed E-state index contributed by atoms with van der Waals surface area (Å²) in [6.45, 7) is 0.952. The van der Waals surface area contributed by atoms with E-state index in [9.17, 15) is 19.2 Å². The highest BCUT2D eigenvalue weighted by Gasteiger charge is 2.25. The van der Waals surface area contributed by atoms with Crippen LogP contribution < -0.4 is 5.32 Å². The third kappa shape index (κ3) is 4.13. The van der Waals surface area contributed by atoms with Crippen LogP contribution >= 0.6 is 0 Å². The molecule has 21 heavy (non-hydrogen) atoms. The molecular formula is C14H15NO6. The molecule has 2 N–H and O–H groups in total. The second-order valence-electron chi connectivity index (χ2n) is 4.25. The molecule has 112 valence electrons. The van der Waals surface area contributed by atoms with Gasteiger partial charge in [0.1, 0.15) is 11.7 Å². The lowest BCUT2D eigenvalue weighted by molar-refractivity contribution is -0.148. The molecule has 0 bridgehead atoms. The molecule has 0 aliphatic carbocycles. The Balaban J connectivity index is 2.85. The molecule has 0 heterocycles. The Morgan fingerprint density at radius 2 is 1.76 bits per heavy atom. The van der Waals surface area contributed by atoms with Crippen LogP contribution in [0.15, 0.2) is 24.3 Å². The van der Waals surface area contributed by atoms with Gasteiger partial charge in [0.05, 0.1) is 18.2 Å². The van der Waals surface area contributed by atoms with E-state index >= 15 is 0 Å². The maximum absolute atomic E-state index is 12.0. The highest BCUT2D eigenvalue weighted by atomic mass is 16.5. The summed E-state index contributed by atoms with van der Waals surface area (Å²) >= 11 is 0. The maximum atomic E-state index is 12.0. The molecule has 1 amide bonds. The van der Waals surface area contributed by atoms with E-state index in [0.29, 0.717) is 0 Å². The zero-order chi connectivity index (χ0) is 16.0. The Kier molecular flexibility index (Phi) is 5.59. The van der Waals surface area contributed by atoms with Crippen LogP contribution in [0.1, 0.15) is 27.6 Å². The van der Waals surface area contributed by atoms with Gasteiger partial charge in [-0.1, -0.05) is 12.1 Å². The predicted molar refractivity (Wildman–Crippen MR) is 71.9 cm³/mol. The highest BCUT2D eigenvalue weighted by molar-refractivity contribution is 6.05. The van der Waals surface area contributed by atoms with E-state index < -0.39 is 29.5 Å². The first-order valence-corrected chi connectivity index (χ1v) is 6.07. The number of carbonyl (C=O) groups excluding carboxylic acids is 3. The minimum absolute atomic E-state index is 0.0443. The molecule has 0 aliphatic rings. The van der Waals surface area contributed by atoms with Crippen LogP contribution in [-0.2, 0) is 14.3 Å². The number of methoxy groups -OCH3 is 1. The molecule has 7 nitrogen and oxygen atoms in total. The molecule has 0 aromatic heterocycles. The Morgan fingerprint density at radius 1 is 1.19 bits per heavy atom. The summed E-state index contributed by atoms with van der Waals surface area (Å²) in [6.07, 6.45) is 0. The summed E-state index contributed by atoms with van der Waals surface area (Å²) < 4.78 is 4.47. The van der Waals surface area contributed by atoms with Crippen molar-refractivity contribution in [2.45, 2.75) is 6.92 Å². The van der Waals surface area contributed by atoms with Crippen LogP contribution in [-0.4, -0.2) is 42.4 Å². The summed E-state index contributed by atoms with van der Waals surface area (Å²) in [6, 6.07) is 5.65. The maximum Gasteiger partial charge on any atom is 0.336 e. The molecule has 0 radical (unpaired) electrons. The van der Waals surface area contributed by atoms with Crippen LogP contribution in [0.25, 0.3) is 0 Å². The molecule has 0 aliphatic heterocycles. The number of amides is 1. The molecule has 0 spiro atoms. The quantitative estimate of drug-likeness (QED) is 0.583. The van der Waals surface area contributed by atoms with Crippen LogP contribution in [0.5, 0.6) is 0 Å². The van der Waals surface area contributed by atoms with E-state index in [1.54, 1.807) is 0 Å². The van der Waals surface area contributed by atoms with Crippen LogP contribution in [0.3, 0.4) is 0 Å². The Labute approximate surface area is 120 Å². The zero-order valence-corrected chi connectivity index (χ0v) is 11.6.